The number of carbonyl (C=O) groups is 1. The van der Waals surface area contributed by atoms with E-state index < -0.39 is 5.60 Å². The summed E-state index contributed by atoms with van der Waals surface area (Å²) in [4.78, 5) is 13.8. The Balaban J connectivity index is 2.03. The molecule has 86 valence electrons. The van der Waals surface area contributed by atoms with Crippen LogP contribution in [-0.4, -0.2) is 34.7 Å². The highest BCUT2D eigenvalue weighted by atomic mass is 16.6. The molecule has 1 amide bonds. The summed E-state index contributed by atoms with van der Waals surface area (Å²) in [7, 11) is 0. The van der Waals surface area contributed by atoms with Crippen LogP contribution in [0.1, 0.15) is 40.0 Å². The number of hydrogen-bond acceptors (Lipinski definition) is 3. The number of amides is 1. The summed E-state index contributed by atoms with van der Waals surface area (Å²) in [6.45, 7) is 5.68. The van der Waals surface area contributed by atoms with Crippen molar-refractivity contribution in [3.63, 3.8) is 0 Å². The van der Waals surface area contributed by atoms with Crippen LogP contribution in [0.4, 0.5) is 4.79 Å². The number of nitrogens with zero attached hydrogens (tertiary/aromatic N) is 1. The van der Waals surface area contributed by atoms with Gasteiger partial charge in [0.1, 0.15) is 5.60 Å². The number of carbonyl (C=O) groups excluding carboxylic acids is 1. The molecule has 2 saturated heterocycles. The average molecular weight is 212 g/mol. The zero-order valence-corrected chi connectivity index (χ0v) is 9.69. The van der Waals surface area contributed by atoms with Gasteiger partial charge in [0.2, 0.25) is 0 Å². The third-order valence-corrected chi connectivity index (χ3v) is 3.19. The van der Waals surface area contributed by atoms with Gasteiger partial charge in [0.15, 0.2) is 0 Å². The van der Waals surface area contributed by atoms with Crippen molar-refractivity contribution in [3.8, 4) is 0 Å². The predicted molar refractivity (Wildman–Crippen MR) is 57.5 cm³/mol. The van der Waals surface area contributed by atoms with Crippen LogP contribution >= 0.6 is 0 Å². The maximum absolute atomic E-state index is 11.9. The van der Waals surface area contributed by atoms with E-state index in [-0.39, 0.29) is 18.2 Å². The second kappa shape index (κ2) is 3.37. The van der Waals surface area contributed by atoms with E-state index in [9.17, 15) is 4.79 Å². The molecule has 2 aliphatic heterocycles. The van der Waals surface area contributed by atoms with Crippen molar-refractivity contribution in [2.45, 2.75) is 63.8 Å². The first-order valence-electron chi connectivity index (χ1n) is 5.65. The molecule has 2 N–H and O–H groups in total. The molecule has 4 heteroatoms. The summed E-state index contributed by atoms with van der Waals surface area (Å²) in [6.07, 6.45) is 2.86. The molecule has 4 nitrogen and oxygen atoms in total. The molecule has 15 heavy (non-hydrogen) atoms. The highest BCUT2D eigenvalue weighted by Crippen LogP contribution is 2.37. The van der Waals surface area contributed by atoms with Gasteiger partial charge in [0, 0.05) is 12.1 Å². The zero-order valence-electron chi connectivity index (χ0n) is 9.69. The van der Waals surface area contributed by atoms with Crippen LogP contribution in [-0.2, 0) is 4.74 Å². The molecule has 2 bridgehead atoms. The number of hydrogen-bond donors (Lipinski definition) is 1. The Hall–Kier alpha value is -0.770. The molecule has 0 spiro atoms. The van der Waals surface area contributed by atoms with E-state index >= 15 is 0 Å². The quantitative estimate of drug-likeness (QED) is 0.661. The molecule has 0 aromatic rings. The van der Waals surface area contributed by atoms with Crippen LogP contribution in [0, 0.1) is 0 Å². The average Bonchev–Trinajstić information content (AvgIpc) is 2.55. The molecule has 0 aromatic heterocycles. The fraction of sp³-hybridized carbons (Fsp3) is 0.909. The first-order valence-corrected chi connectivity index (χ1v) is 5.65. The van der Waals surface area contributed by atoms with E-state index in [4.69, 9.17) is 10.5 Å². The minimum atomic E-state index is -0.413. The van der Waals surface area contributed by atoms with Crippen LogP contribution in [0.3, 0.4) is 0 Å². The summed E-state index contributed by atoms with van der Waals surface area (Å²) in [6, 6.07) is 0.681. The lowest BCUT2D eigenvalue weighted by atomic mass is 9.97. The first kappa shape index (κ1) is 10.7. The van der Waals surface area contributed by atoms with Crippen LogP contribution in [0.5, 0.6) is 0 Å². The first-order chi connectivity index (χ1) is 6.88. The standard InChI is InChI=1S/C11H20N2O2/c1-11(2,3)15-10(14)13-7-4-5-9(13)8(12)6-7/h7-9H,4-6,12H2,1-3H3/t7-,8+,9-/m1/s1. The molecule has 0 radical (unpaired) electrons. The second-order valence-electron chi connectivity index (χ2n) is 5.59. The lowest BCUT2D eigenvalue weighted by molar-refractivity contribution is 0.0213. The summed E-state index contributed by atoms with van der Waals surface area (Å²) < 4.78 is 5.38. The van der Waals surface area contributed by atoms with Crippen LogP contribution < -0.4 is 5.73 Å². The molecule has 2 aliphatic rings. The molecular weight excluding hydrogens is 192 g/mol. The zero-order chi connectivity index (χ0) is 11.2. The molecule has 2 heterocycles. The largest absolute Gasteiger partial charge is 0.444 e. The molecule has 0 aliphatic carbocycles. The van der Waals surface area contributed by atoms with Gasteiger partial charge in [0.05, 0.1) is 6.04 Å². The maximum atomic E-state index is 11.9. The van der Waals surface area contributed by atoms with E-state index in [2.05, 4.69) is 0 Å². The third-order valence-electron chi connectivity index (χ3n) is 3.19. The monoisotopic (exact) mass is 212 g/mol. The van der Waals surface area contributed by atoms with Crippen LogP contribution in [0.2, 0.25) is 0 Å². The van der Waals surface area contributed by atoms with Crippen molar-refractivity contribution in [2.24, 2.45) is 5.73 Å². The lowest BCUT2D eigenvalue weighted by Crippen LogP contribution is -2.43. The summed E-state index contributed by atoms with van der Waals surface area (Å²) >= 11 is 0. The van der Waals surface area contributed by atoms with Crippen molar-refractivity contribution < 1.29 is 9.53 Å². The van der Waals surface area contributed by atoms with Crippen LogP contribution in [0.15, 0.2) is 0 Å². The Bertz CT molecular complexity index is 272. The SMILES string of the molecule is CC(C)(C)OC(=O)N1[C@@H]2CC[C@@H]1[C@@H](N)C2. The van der Waals surface area contributed by atoms with E-state index in [0.29, 0.717) is 6.04 Å². The Labute approximate surface area is 90.8 Å². The fourth-order valence-electron chi connectivity index (χ4n) is 2.63. The predicted octanol–water partition coefficient (Wildman–Crippen LogP) is 1.49. The second-order valence-corrected chi connectivity index (χ2v) is 5.59. The van der Waals surface area contributed by atoms with Gasteiger partial charge in [-0.15, -0.1) is 0 Å². The third kappa shape index (κ3) is 1.95. The smallest absolute Gasteiger partial charge is 0.410 e. The fourth-order valence-corrected chi connectivity index (χ4v) is 2.63. The minimum absolute atomic E-state index is 0.149. The molecular formula is C11H20N2O2. The number of nitrogens with two attached hydrogens (primary N) is 1. The Kier molecular flexibility index (Phi) is 2.41. The molecule has 0 aromatic carbocycles. The minimum Gasteiger partial charge on any atom is -0.444 e. The van der Waals surface area contributed by atoms with Gasteiger partial charge >= 0.3 is 6.09 Å². The highest BCUT2D eigenvalue weighted by Gasteiger charge is 2.48. The molecule has 2 rings (SSSR count). The number of ether oxygens (including phenoxy) is 1. The summed E-state index contributed by atoms with van der Waals surface area (Å²) in [5, 5.41) is 0. The van der Waals surface area contributed by atoms with Crippen molar-refractivity contribution in [2.75, 3.05) is 0 Å². The molecule has 3 atom stereocenters. The molecule has 2 fully saturated rings. The normalized spacial score (nSPS) is 34.7. The summed E-state index contributed by atoms with van der Waals surface area (Å²) in [5.41, 5.74) is 5.55. The van der Waals surface area contributed by atoms with E-state index in [1.807, 2.05) is 25.7 Å². The number of fused-ring (bicyclic) bond motifs is 2. The van der Waals surface area contributed by atoms with Gasteiger partial charge < -0.3 is 15.4 Å². The van der Waals surface area contributed by atoms with Gasteiger partial charge in [-0.3, -0.25) is 0 Å². The van der Waals surface area contributed by atoms with Crippen molar-refractivity contribution >= 4 is 6.09 Å². The van der Waals surface area contributed by atoms with E-state index in [1.54, 1.807) is 0 Å². The molecule has 0 saturated carbocycles. The molecule has 0 unspecified atom stereocenters. The Morgan fingerprint density at radius 3 is 2.47 bits per heavy atom. The topological polar surface area (TPSA) is 55.6 Å². The highest BCUT2D eigenvalue weighted by molar-refractivity contribution is 5.70. The summed E-state index contributed by atoms with van der Waals surface area (Å²) in [5.74, 6) is 0. The van der Waals surface area contributed by atoms with Crippen molar-refractivity contribution in [1.29, 1.82) is 0 Å². The van der Waals surface area contributed by atoms with Gasteiger partial charge in [-0.25, -0.2) is 4.79 Å². The van der Waals surface area contributed by atoms with E-state index in [0.717, 1.165) is 19.3 Å². The van der Waals surface area contributed by atoms with Gasteiger partial charge in [-0.1, -0.05) is 0 Å². The van der Waals surface area contributed by atoms with Crippen molar-refractivity contribution in [3.05, 3.63) is 0 Å². The Morgan fingerprint density at radius 1 is 1.40 bits per heavy atom. The number of rotatable bonds is 0. The van der Waals surface area contributed by atoms with Crippen molar-refractivity contribution in [1.82, 2.24) is 4.90 Å². The van der Waals surface area contributed by atoms with Gasteiger partial charge in [0.25, 0.3) is 0 Å². The van der Waals surface area contributed by atoms with Gasteiger partial charge in [-0.05, 0) is 40.0 Å². The Morgan fingerprint density at radius 2 is 2.07 bits per heavy atom. The van der Waals surface area contributed by atoms with Crippen LogP contribution in [0.25, 0.3) is 0 Å². The lowest BCUT2D eigenvalue weighted by Gasteiger charge is -2.27. The maximum Gasteiger partial charge on any atom is 0.410 e. The van der Waals surface area contributed by atoms with E-state index in [1.165, 1.54) is 0 Å². The van der Waals surface area contributed by atoms with Gasteiger partial charge in [-0.2, -0.15) is 0 Å².